The van der Waals surface area contributed by atoms with E-state index in [1.807, 2.05) is 48.5 Å². The molecule has 1 aliphatic carbocycles. The van der Waals surface area contributed by atoms with Crippen molar-refractivity contribution < 1.29 is 33.8 Å². The number of hydrogen-bond donors (Lipinski definition) is 3. The standard InChI is InChI=1S/C25H28N2O7/c1-25(2,13-21(28)26-20(23(30)31)12-22(29)33-3)27-24(32)34-14-19-17-10-6-4-8-15(17)16-9-5-7-11-18(16)19/h4-11,19-20H,12-14H2,1-3H3,(H,26,28)(H,27,32)(H,30,31)/t20-/m0/s1. The zero-order valence-electron chi connectivity index (χ0n) is 19.3. The number of rotatable bonds is 9. The van der Waals surface area contributed by atoms with Crippen molar-refractivity contribution >= 4 is 23.9 Å². The third-order valence-electron chi connectivity index (χ3n) is 5.62. The second-order valence-electron chi connectivity index (χ2n) is 8.75. The Kier molecular flexibility index (Phi) is 7.55. The molecule has 9 nitrogen and oxygen atoms in total. The van der Waals surface area contributed by atoms with E-state index in [0.717, 1.165) is 29.4 Å². The number of nitrogens with one attached hydrogen (secondary N) is 2. The molecule has 0 aliphatic heterocycles. The molecule has 1 atom stereocenters. The second-order valence-corrected chi connectivity index (χ2v) is 8.75. The summed E-state index contributed by atoms with van der Waals surface area (Å²) in [5.41, 5.74) is 3.37. The van der Waals surface area contributed by atoms with Gasteiger partial charge >= 0.3 is 18.0 Å². The molecular weight excluding hydrogens is 440 g/mol. The minimum atomic E-state index is -1.43. The van der Waals surface area contributed by atoms with Crippen molar-refractivity contribution in [2.45, 2.75) is 44.2 Å². The Morgan fingerprint density at radius 3 is 2.09 bits per heavy atom. The first-order valence-electron chi connectivity index (χ1n) is 10.8. The summed E-state index contributed by atoms with van der Waals surface area (Å²) in [7, 11) is 1.13. The summed E-state index contributed by atoms with van der Waals surface area (Å²) in [6.45, 7) is 3.36. The minimum absolute atomic E-state index is 0.0980. The lowest BCUT2D eigenvalue weighted by Gasteiger charge is -2.26. The van der Waals surface area contributed by atoms with Gasteiger partial charge in [0.25, 0.3) is 0 Å². The number of carbonyl (C=O) groups excluding carboxylic acids is 3. The Morgan fingerprint density at radius 1 is 1.00 bits per heavy atom. The number of carboxylic acid groups (broad SMARTS) is 1. The predicted octanol–water partition coefficient (Wildman–Crippen LogP) is 2.83. The zero-order chi connectivity index (χ0) is 24.9. The van der Waals surface area contributed by atoms with Crippen LogP contribution < -0.4 is 10.6 Å². The number of fused-ring (bicyclic) bond motifs is 3. The first kappa shape index (κ1) is 24.8. The van der Waals surface area contributed by atoms with Gasteiger partial charge in [-0.1, -0.05) is 48.5 Å². The summed E-state index contributed by atoms with van der Waals surface area (Å²) < 4.78 is 9.96. The van der Waals surface area contributed by atoms with E-state index in [2.05, 4.69) is 15.4 Å². The zero-order valence-corrected chi connectivity index (χ0v) is 19.3. The summed E-state index contributed by atoms with van der Waals surface area (Å²) in [6, 6.07) is 14.5. The van der Waals surface area contributed by atoms with Gasteiger partial charge in [0, 0.05) is 17.9 Å². The maximum atomic E-state index is 12.5. The Balaban J connectivity index is 1.57. The Morgan fingerprint density at radius 2 is 1.56 bits per heavy atom. The van der Waals surface area contributed by atoms with Crippen LogP contribution in [0.1, 0.15) is 43.7 Å². The first-order chi connectivity index (χ1) is 16.1. The van der Waals surface area contributed by atoms with Crippen LogP contribution in [0.15, 0.2) is 48.5 Å². The first-order valence-corrected chi connectivity index (χ1v) is 10.8. The van der Waals surface area contributed by atoms with E-state index in [9.17, 15) is 24.3 Å². The van der Waals surface area contributed by atoms with Crippen LogP contribution in [0.4, 0.5) is 4.79 Å². The van der Waals surface area contributed by atoms with Crippen LogP contribution in [-0.4, -0.2) is 54.3 Å². The fourth-order valence-corrected chi connectivity index (χ4v) is 4.05. The van der Waals surface area contributed by atoms with Gasteiger partial charge in [0.2, 0.25) is 5.91 Å². The molecule has 180 valence electrons. The van der Waals surface area contributed by atoms with Gasteiger partial charge < -0.3 is 25.2 Å². The summed E-state index contributed by atoms with van der Waals surface area (Å²) in [4.78, 5) is 47.5. The molecule has 1 aliphatic rings. The van der Waals surface area contributed by atoms with Crippen molar-refractivity contribution in [3.8, 4) is 11.1 Å². The number of alkyl carbamates (subject to hydrolysis) is 1. The van der Waals surface area contributed by atoms with Gasteiger partial charge in [-0.3, -0.25) is 9.59 Å². The number of carbonyl (C=O) groups is 4. The molecule has 3 rings (SSSR count). The summed E-state index contributed by atoms with van der Waals surface area (Å²) in [5, 5.41) is 14.1. The molecule has 0 spiro atoms. The number of benzene rings is 2. The lowest BCUT2D eigenvalue weighted by molar-refractivity contribution is -0.148. The Labute approximate surface area is 197 Å². The molecule has 0 bridgehead atoms. The monoisotopic (exact) mass is 468 g/mol. The van der Waals surface area contributed by atoms with Crippen molar-refractivity contribution in [3.05, 3.63) is 59.7 Å². The molecule has 9 heteroatoms. The maximum absolute atomic E-state index is 12.5. The van der Waals surface area contributed by atoms with Gasteiger partial charge in [-0.15, -0.1) is 0 Å². The molecule has 0 aromatic heterocycles. The lowest BCUT2D eigenvalue weighted by atomic mass is 9.98. The van der Waals surface area contributed by atoms with Crippen LogP contribution in [0.5, 0.6) is 0 Å². The topological polar surface area (TPSA) is 131 Å². The lowest BCUT2D eigenvalue weighted by Crippen LogP contribution is -2.50. The number of amides is 2. The van der Waals surface area contributed by atoms with Gasteiger partial charge in [0.05, 0.1) is 13.5 Å². The van der Waals surface area contributed by atoms with Gasteiger partial charge in [0.1, 0.15) is 12.6 Å². The fraction of sp³-hybridized carbons (Fsp3) is 0.360. The van der Waals surface area contributed by atoms with Gasteiger partial charge in [-0.2, -0.15) is 0 Å². The van der Waals surface area contributed by atoms with E-state index in [1.165, 1.54) is 0 Å². The summed E-state index contributed by atoms with van der Waals surface area (Å²) >= 11 is 0. The molecule has 2 aromatic carbocycles. The highest BCUT2D eigenvalue weighted by molar-refractivity contribution is 5.87. The number of ether oxygens (including phenoxy) is 2. The number of hydrogen-bond acceptors (Lipinski definition) is 6. The normalized spacial score (nSPS) is 13.3. The van der Waals surface area contributed by atoms with Crippen LogP contribution in [0, 0.1) is 0 Å². The quantitative estimate of drug-likeness (QED) is 0.482. The van der Waals surface area contributed by atoms with E-state index in [-0.39, 0.29) is 18.9 Å². The third-order valence-corrected chi connectivity index (χ3v) is 5.62. The Hall–Kier alpha value is -3.88. The molecule has 0 saturated heterocycles. The van der Waals surface area contributed by atoms with Crippen LogP contribution >= 0.6 is 0 Å². The van der Waals surface area contributed by atoms with Gasteiger partial charge in [-0.05, 0) is 36.1 Å². The molecule has 2 aromatic rings. The fourth-order valence-electron chi connectivity index (χ4n) is 4.05. The van der Waals surface area contributed by atoms with Crippen molar-refractivity contribution in [1.82, 2.24) is 10.6 Å². The molecule has 0 saturated carbocycles. The highest BCUT2D eigenvalue weighted by Crippen LogP contribution is 2.44. The molecule has 34 heavy (non-hydrogen) atoms. The van der Waals surface area contributed by atoms with Gasteiger partial charge in [-0.25, -0.2) is 9.59 Å². The average molecular weight is 469 g/mol. The highest BCUT2D eigenvalue weighted by Gasteiger charge is 2.31. The highest BCUT2D eigenvalue weighted by atomic mass is 16.5. The number of carboxylic acids is 1. The number of methoxy groups -OCH3 is 1. The molecular formula is C25H28N2O7. The van der Waals surface area contributed by atoms with E-state index >= 15 is 0 Å². The van der Waals surface area contributed by atoms with Crippen molar-refractivity contribution in [1.29, 1.82) is 0 Å². The van der Waals surface area contributed by atoms with E-state index in [4.69, 9.17) is 4.74 Å². The average Bonchev–Trinajstić information content (AvgIpc) is 3.10. The SMILES string of the molecule is COC(=O)C[C@H](NC(=O)CC(C)(C)NC(=O)OCC1c2ccccc2-c2ccccc21)C(=O)O. The number of esters is 1. The van der Waals surface area contributed by atoms with Gasteiger partial charge in [0.15, 0.2) is 0 Å². The molecule has 0 heterocycles. The second kappa shape index (κ2) is 10.4. The largest absolute Gasteiger partial charge is 0.480 e. The maximum Gasteiger partial charge on any atom is 0.407 e. The van der Waals surface area contributed by atoms with Crippen molar-refractivity contribution in [2.75, 3.05) is 13.7 Å². The third kappa shape index (κ3) is 5.92. The van der Waals surface area contributed by atoms with Crippen LogP contribution in [0.25, 0.3) is 11.1 Å². The van der Waals surface area contributed by atoms with E-state index in [1.54, 1.807) is 13.8 Å². The minimum Gasteiger partial charge on any atom is -0.480 e. The molecule has 0 unspecified atom stereocenters. The summed E-state index contributed by atoms with van der Waals surface area (Å²) in [5.74, 6) is -2.86. The smallest absolute Gasteiger partial charge is 0.407 e. The summed E-state index contributed by atoms with van der Waals surface area (Å²) in [6.07, 6.45) is -1.41. The van der Waals surface area contributed by atoms with Crippen LogP contribution in [-0.2, 0) is 23.9 Å². The molecule has 2 amide bonds. The Bertz CT molecular complexity index is 1050. The predicted molar refractivity (Wildman–Crippen MR) is 123 cm³/mol. The van der Waals surface area contributed by atoms with Crippen LogP contribution in [0.3, 0.4) is 0 Å². The molecule has 3 N–H and O–H groups in total. The number of aliphatic carboxylic acids is 1. The van der Waals surface area contributed by atoms with E-state index in [0.29, 0.717) is 0 Å². The van der Waals surface area contributed by atoms with E-state index < -0.39 is 41.9 Å². The van der Waals surface area contributed by atoms with Crippen LogP contribution in [0.2, 0.25) is 0 Å². The van der Waals surface area contributed by atoms with Crippen molar-refractivity contribution in [3.63, 3.8) is 0 Å². The van der Waals surface area contributed by atoms with Crippen molar-refractivity contribution in [2.24, 2.45) is 0 Å². The molecule has 0 radical (unpaired) electrons. The molecule has 0 fully saturated rings.